The number of anilines is 1. The molecule has 1 saturated heterocycles. The van der Waals surface area contributed by atoms with Crippen LogP contribution in [0, 0.1) is 11.6 Å². The molecule has 0 spiro atoms. The molecule has 1 unspecified atom stereocenters. The molecule has 1 aliphatic rings. The van der Waals surface area contributed by atoms with E-state index < -0.39 is 18.8 Å². The fourth-order valence-electron chi connectivity index (χ4n) is 2.83. The van der Waals surface area contributed by atoms with Crippen molar-refractivity contribution in [3.63, 3.8) is 0 Å². The molecule has 3 rings (SSSR count). The minimum Gasteiger partial charge on any atom is -0.319 e. The minimum atomic E-state index is -2.65. The maximum absolute atomic E-state index is 14.7. The zero-order chi connectivity index (χ0) is 17.5. The van der Waals surface area contributed by atoms with Crippen molar-refractivity contribution < 1.29 is 18.1 Å². The van der Waals surface area contributed by atoms with Gasteiger partial charge in [-0.05, 0) is 45.8 Å². The fourth-order valence-corrected chi connectivity index (χ4v) is 5.02. The van der Waals surface area contributed by atoms with E-state index >= 15 is 0 Å². The van der Waals surface area contributed by atoms with Gasteiger partial charge in [-0.2, -0.15) is 0 Å². The first-order valence-electron chi connectivity index (χ1n) is 7.49. The molecule has 0 N–H and O–H groups in total. The third-order valence-electron chi connectivity index (χ3n) is 3.98. The van der Waals surface area contributed by atoms with Crippen LogP contribution < -0.4 is 10.2 Å². The number of hydrogen-bond acceptors (Lipinski definition) is 2. The zero-order valence-electron chi connectivity index (χ0n) is 13.3. The van der Waals surface area contributed by atoms with E-state index in [4.69, 9.17) is 0 Å². The number of benzene rings is 2. The lowest BCUT2D eigenvalue weighted by Crippen LogP contribution is -2.23. The van der Waals surface area contributed by atoms with Crippen LogP contribution in [0.25, 0.3) is 11.1 Å². The number of rotatable bonds is 3. The largest absolute Gasteiger partial charge is 0.319 e. The van der Waals surface area contributed by atoms with Gasteiger partial charge in [0, 0.05) is 17.4 Å². The summed E-state index contributed by atoms with van der Waals surface area (Å²) in [4.78, 5) is 13.1. The second-order valence-electron chi connectivity index (χ2n) is 6.01. The Balaban J connectivity index is 2.14. The van der Waals surface area contributed by atoms with Crippen molar-refractivity contribution in [1.82, 2.24) is 0 Å². The molecule has 7 heteroatoms. The SMILES string of the molecule is CP(C)(=O)c1ccccc1-c1ccc(N2CCPC2=O)c(F)c1F. The van der Waals surface area contributed by atoms with E-state index in [0.717, 1.165) is 0 Å². The monoisotopic (exact) mass is 367 g/mol. The molecule has 0 aliphatic carbocycles. The van der Waals surface area contributed by atoms with E-state index in [1.165, 1.54) is 17.0 Å². The predicted molar refractivity (Wildman–Crippen MR) is 96.8 cm³/mol. The summed E-state index contributed by atoms with van der Waals surface area (Å²) in [5.41, 5.74) is 0.279. The number of amides is 1. The van der Waals surface area contributed by atoms with E-state index in [2.05, 4.69) is 0 Å². The zero-order valence-corrected chi connectivity index (χ0v) is 15.2. The van der Waals surface area contributed by atoms with Crippen molar-refractivity contribution in [2.45, 2.75) is 0 Å². The van der Waals surface area contributed by atoms with E-state index in [0.29, 0.717) is 23.6 Å². The molecule has 1 amide bonds. The summed E-state index contributed by atoms with van der Waals surface area (Å²) in [7, 11) is -2.55. The summed E-state index contributed by atoms with van der Waals surface area (Å²) in [6, 6.07) is 9.61. The van der Waals surface area contributed by atoms with E-state index in [9.17, 15) is 18.1 Å². The molecule has 2 aromatic carbocycles. The topological polar surface area (TPSA) is 37.4 Å². The second kappa shape index (κ2) is 6.38. The molecule has 1 fully saturated rings. The highest BCUT2D eigenvalue weighted by molar-refractivity contribution is 7.70. The molecule has 0 aromatic heterocycles. The van der Waals surface area contributed by atoms with Crippen molar-refractivity contribution in [2.24, 2.45) is 0 Å². The van der Waals surface area contributed by atoms with Gasteiger partial charge in [0.2, 0.25) is 5.65 Å². The molecule has 1 aliphatic heterocycles. The smallest absolute Gasteiger partial charge is 0.244 e. The Morgan fingerprint density at radius 3 is 2.38 bits per heavy atom. The Morgan fingerprint density at radius 2 is 1.75 bits per heavy atom. The molecule has 126 valence electrons. The van der Waals surface area contributed by atoms with Crippen LogP contribution in [0.1, 0.15) is 0 Å². The summed E-state index contributed by atoms with van der Waals surface area (Å²) in [5.74, 6) is -2.05. The third-order valence-corrected chi connectivity index (χ3v) is 6.58. The molecule has 0 radical (unpaired) electrons. The van der Waals surface area contributed by atoms with Crippen molar-refractivity contribution in [3.8, 4) is 11.1 Å². The Morgan fingerprint density at radius 1 is 1.04 bits per heavy atom. The van der Waals surface area contributed by atoms with Crippen LogP contribution >= 0.6 is 15.7 Å². The van der Waals surface area contributed by atoms with Gasteiger partial charge in [0.25, 0.3) is 0 Å². The molecule has 0 saturated carbocycles. The minimum absolute atomic E-state index is 0.0279. The standard InChI is InChI=1S/C17H17F2NO2P2/c1-24(2,22)14-6-4-3-5-11(14)12-7-8-13(16(19)15(12)18)20-9-10-23-17(20)21/h3-8,23H,9-10H2,1-2H3. The average Bonchev–Trinajstić information content (AvgIpc) is 2.95. The van der Waals surface area contributed by atoms with Crippen LogP contribution in [-0.2, 0) is 4.57 Å². The number of halogens is 2. The van der Waals surface area contributed by atoms with Gasteiger partial charge in [0.1, 0.15) is 7.14 Å². The first-order chi connectivity index (χ1) is 11.3. The van der Waals surface area contributed by atoms with Gasteiger partial charge in [-0.25, -0.2) is 8.78 Å². The highest BCUT2D eigenvalue weighted by Gasteiger charge is 2.28. The van der Waals surface area contributed by atoms with E-state index in [1.54, 1.807) is 37.6 Å². The van der Waals surface area contributed by atoms with Crippen LogP contribution in [0.5, 0.6) is 0 Å². The highest BCUT2D eigenvalue weighted by atomic mass is 31.2. The fraction of sp³-hybridized carbons (Fsp3) is 0.235. The first kappa shape index (κ1) is 17.3. The van der Waals surface area contributed by atoms with Crippen LogP contribution in [-0.4, -0.2) is 31.7 Å². The molecule has 3 nitrogen and oxygen atoms in total. The van der Waals surface area contributed by atoms with Crippen LogP contribution in [0.15, 0.2) is 36.4 Å². The quantitative estimate of drug-likeness (QED) is 0.750. The van der Waals surface area contributed by atoms with Crippen molar-refractivity contribution in [1.29, 1.82) is 0 Å². The molecule has 24 heavy (non-hydrogen) atoms. The van der Waals surface area contributed by atoms with Gasteiger partial charge >= 0.3 is 0 Å². The van der Waals surface area contributed by atoms with Crippen molar-refractivity contribution in [2.75, 3.05) is 30.9 Å². The Labute approximate surface area is 141 Å². The Kier molecular flexibility index (Phi) is 4.59. The summed E-state index contributed by atoms with van der Waals surface area (Å²) in [6.07, 6.45) is 0.666. The van der Waals surface area contributed by atoms with Gasteiger partial charge in [0.15, 0.2) is 11.6 Å². The van der Waals surface area contributed by atoms with Gasteiger partial charge in [0.05, 0.1) is 5.69 Å². The maximum Gasteiger partial charge on any atom is 0.244 e. The van der Waals surface area contributed by atoms with Crippen molar-refractivity contribution >= 4 is 32.4 Å². The second-order valence-corrected chi connectivity index (χ2v) is 10.5. The first-order valence-corrected chi connectivity index (χ1v) is 11.3. The maximum atomic E-state index is 14.7. The van der Waals surface area contributed by atoms with Crippen LogP contribution in [0.4, 0.5) is 19.3 Å². The molecular weight excluding hydrogens is 350 g/mol. The summed E-state index contributed by atoms with van der Waals surface area (Å²) in [5, 5.41) is 0.509. The van der Waals surface area contributed by atoms with Gasteiger partial charge < -0.3 is 9.46 Å². The summed E-state index contributed by atoms with van der Waals surface area (Å²) < 4.78 is 41.7. The number of carbonyl (C=O) groups is 1. The van der Waals surface area contributed by atoms with E-state index in [1.807, 2.05) is 0 Å². The average molecular weight is 367 g/mol. The lowest BCUT2D eigenvalue weighted by Gasteiger charge is -2.19. The van der Waals surface area contributed by atoms with Gasteiger partial charge in [-0.15, -0.1) is 0 Å². The Hall–Kier alpha value is -1.57. The molecule has 0 bridgehead atoms. The number of hydrogen-bond donors (Lipinski definition) is 0. The van der Waals surface area contributed by atoms with Crippen LogP contribution in [0.3, 0.4) is 0 Å². The number of carbonyl (C=O) groups excluding carboxylic acids is 1. The highest BCUT2D eigenvalue weighted by Crippen LogP contribution is 2.41. The third kappa shape index (κ3) is 3.03. The van der Waals surface area contributed by atoms with Gasteiger partial charge in [-0.3, -0.25) is 4.79 Å². The Bertz CT molecular complexity index is 864. The molecule has 2 aromatic rings. The number of nitrogens with zero attached hydrogens (tertiary/aromatic N) is 1. The predicted octanol–water partition coefficient (Wildman–Crippen LogP) is 4.50. The lowest BCUT2D eigenvalue weighted by atomic mass is 10.0. The summed E-state index contributed by atoms with van der Waals surface area (Å²) in [6.45, 7) is 3.60. The molecule has 1 atom stereocenters. The van der Waals surface area contributed by atoms with Crippen molar-refractivity contribution in [3.05, 3.63) is 48.0 Å². The van der Waals surface area contributed by atoms with Gasteiger partial charge in [-0.1, -0.05) is 24.3 Å². The molecule has 1 heterocycles. The lowest BCUT2D eigenvalue weighted by molar-refractivity contribution is 0.265. The normalized spacial score (nSPS) is 16.2. The van der Waals surface area contributed by atoms with E-state index in [-0.39, 0.29) is 25.5 Å². The molecular formula is C17H17F2NO2P2. The summed E-state index contributed by atoms with van der Waals surface area (Å²) >= 11 is 0. The van der Waals surface area contributed by atoms with Crippen LogP contribution in [0.2, 0.25) is 0 Å².